The highest BCUT2D eigenvalue weighted by Gasteiger charge is 2.03. The van der Waals surface area contributed by atoms with Crippen LogP contribution in [0.3, 0.4) is 0 Å². The van der Waals surface area contributed by atoms with Crippen LogP contribution in [0.15, 0.2) is 48.5 Å². The normalized spacial score (nSPS) is 10.2. The van der Waals surface area contributed by atoms with Crippen LogP contribution in [0.1, 0.15) is 24.0 Å². The molecule has 0 heterocycles. The van der Waals surface area contributed by atoms with Gasteiger partial charge in [-0.15, -0.1) is 0 Å². The lowest BCUT2D eigenvalue weighted by Crippen LogP contribution is -2.24. The number of nitrogens with one attached hydrogen (secondary N) is 1. The molecule has 0 radical (unpaired) electrons. The molecule has 2 aromatic carbocycles. The first-order valence-corrected chi connectivity index (χ1v) is 8.24. The van der Waals surface area contributed by atoms with Crippen molar-refractivity contribution in [3.05, 3.63) is 59.7 Å². The Morgan fingerprint density at radius 2 is 1.67 bits per heavy atom. The molecule has 2 rings (SSSR count). The molecule has 0 spiro atoms. The molecule has 0 aliphatic heterocycles. The fourth-order valence-corrected chi connectivity index (χ4v) is 2.49. The third kappa shape index (κ3) is 5.95. The summed E-state index contributed by atoms with van der Waals surface area (Å²) in [6.45, 7) is 0.693. The number of rotatable bonds is 9. The van der Waals surface area contributed by atoms with E-state index >= 15 is 0 Å². The summed E-state index contributed by atoms with van der Waals surface area (Å²) >= 11 is 0. The topological polar surface area (TPSA) is 47.6 Å². The molecule has 0 aromatic heterocycles. The minimum atomic E-state index is 0.0939. The van der Waals surface area contributed by atoms with Gasteiger partial charge in [0.05, 0.1) is 14.2 Å². The van der Waals surface area contributed by atoms with Crippen LogP contribution in [-0.2, 0) is 17.6 Å². The zero-order valence-electron chi connectivity index (χ0n) is 14.4. The van der Waals surface area contributed by atoms with Crippen molar-refractivity contribution in [2.45, 2.75) is 25.7 Å². The van der Waals surface area contributed by atoms with E-state index in [1.165, 1.54) is 5.56 Å². The van der Waals surface area contributed by atoms with E-state index < -0.39 is 0 Å². The molecule has 4 heteroatoms. The van der Waals surface area contributed by atoms with Crippen molar-refractivity contribution in [2.24, 2.45) is 0 Å². The van der Waals surface area contributed by atoms with Crippen molar-refractivity contribution in [1.82, 2.24) is 5.32 Å². The number of hydrogen-bond donors (Lipinski definition) is 1. The number of methoxy groups -OCH3 is 2. The Hall–Kier alpha value is -2.49. The maximum atomic E-state index is 11.9. The second-order valence-corrected chi connectivity index (χ2v) is 5.65. The van der Waals surface area contributed by atoms with Crippen LogP contribution in [0.4, 0.5) is 0 Å². The molecular weight excluding hydrogens is 302 g/mol. The first-order valence-electron chi connectivity index (χ1n) is 8.24. The number of benzene rings is 2. The van der Waals surface area contributed by atoms with Crippen LogP contribution >= 0.6 is 0 Å². The van der Waals surface area contributed by atoms with Crippen molar-refractivity contribution in [1.29, 1.82) is 0 Å². The largest absolute Gasteiger partial charge is 0.497 e. The SMILES string of the molecule is COc1ccc(CCC(=O)NCCCc2cccc(OC)c2)cc1. The Morgan fingerprint density at radius 1 is 0.917 bits per heavy atom. The van der Waals surface area contributed by atoms with E-state index in [9.17, 15) is 4.79 Å². The van der Waals surface area contributed by atoms with Gasteiger partial charge in [0.1, 0.15) is 11.5 Å². The molecule has 2 aromatic rings. The number of carbonyl (C=O) groups is 1. The summed E-state index contributed by atoms with van der Waals surface area (Å²) in [7, 11) is 3.32. The predicted molar refractivity (Wildman–Crippen MR) is 95.6 cm³/mol. The van der Waals surface area contributed by atoms with Crippen LogP contribution in [0.5, 0.6) is 11.5 Å². The highest BCUT2D eigenvalue weighted by molar-refractivity contribution is 5.76. The van der Waals surface area contributed by atoms with Crippen LogP contribution in [0.25, 0.3) is 0 Å². The Morgan fingerprint density at radius 3 is 2.38 bits per heavy atom. The molecule has 0 atom stereocenters. The fourth-order valence-electron chi connectivity index (χ4n) is 2.49. The van der Waals surface area contributed by atoms with Crippen molar-refractivity contribution in [3.63, 3.8) is 0 Å². The van der Waals surface area contributed by atoms with E-state index in [2.05, 4.69) is 11.4 Å². The van der Waals surface area contributed by atoms with Gasteiger partial charge in [-0.25, -0.2) is 0 Å². The molecule has 0 aliphatic carbocycles. The summed E-state index contributed by atoms with van der Waals surface area (Å²) in [6.07, 6.45) is 3.09. The Balaban J connectivity index is 1.63. The quantitative estimate of drug-likeness (QED) is 0.718. The molecule has 24 heavy (non-hydrogen) atoms. The highest BCUT2D eigenvalue weighted by atomic mass is 16.5. The smallest absolute Gasteiger partial charge is 0.220 e. The average Bonchev–Trinajstić information content (AvgIpc) is 2.64. The molecule has 0 saturated heterocycles. The molecule has 128 valence electrons. The van der Waals surface area contributed by atoms with Gasteiger partial charge in [-0.3, -0.25) is 4.79 Å². The van der Waals surface area contributed by atoms with Gasteiger partial charge < -0.3 is 14.8 Å². The van der Waals surface area contributed by atoms with E-state index in [-0.39, 0.29) is 5.91 Å². The zero-order chi connectivity index (χ0) is 17.2. The maximum absolute atomic E-state index is 11.9. The Bertz CT molecular complexity index is 638. The van der Waals surface area contributed by atoms with Gasteiger partial charge in [-0.1, -0.05) is 24.3 Å². The number of hydrogen-bond acceptors (Lipinski definition) is 3. The molecule has 4 nitrogen and oxygen atoms in total. The van der Waals surface area contributed by atoms with E-state index in [1.54, 1.807) is 14.2 Å². The summed E-state index contributed by atoms with van der Waals surface area (Å²) in [5, 5.41) is 2.98. The molecule has 0 saturated carbocycles. The van der Waals surface area contributed by atoms with Crippen molar-refractivity contribution in [2.75, 3.05) is 20.8 Å². The second-order valence-electron chi connectivity index (χ2n) is 5.65. The molecule has 0 fully saturated rings. The standard InChI is InChI=1S/C20H25NO3/c1-23-18-11-8-16(9-12-18)10-13-20(22)21-14-4-6-17-5-3-7-19(15-17)24-2/h3,5,7-9,11-12,15H,4,6,10,13-14H2,1-2H3,(H,21,22). The van der Waals surface area contributed by atoms with Gasteiger partial charge >= 0.3 is 0 Å². The summed E-state index contributed by atoms with van der Waals surface area (Å²) in [5.41, 5.74) is 2.36. The van der Waals surface area contributed by atoms with Crippen LogP contribution in [0, 0.1) is 0 Å². The van der Waals surface area contributed by atoms with Crippen molar-refractivity contribution in [3.8, 4) is 11.5 Å². The van der Waals surface area contributed by atoms with Gasteiger partial charge in [0, 0.05) is 13.0 Å². The Labute approximate surface area is 143 Å². The van der Waals surface area contributed by atoms with Crippen molar-refractivity contribution >= 4 is 5.91 Å². The van der Waals surface area contributed by atoms with E-state index in [4.69, 9.17) is 9.47 Å². The Kier molecular flexibility index (Phi) is 7.15. The van der Waals surface area contributed by atoms with E-state index in [1.807, 2.05) is 42.5 Å². The summed E-state index contributed by atoms with van der Waals surface area (Å²) in [6, 6.07) is 15.9. The lowest BCUT2D eigenvalue weighted by atomic mass is 10.1. The number of carbonyl (C=O) groups excluding carboxylic acids is 1. The molecule has 0 bridgehead atoms. The van der Waals surface area contributed by atoms with E-state index in [0.717, 1.165) is 36.3 Å². The summed E-state index contributed by atoms with van der Waals surface area (Å²) in [5.74, 6) is 1.80. The minimum Gasteiger partial charge on any atom is -0.497 e. The van der Waals surface area contributed by atoms with Gasteiger partial charge in [0.15, 0.2) is 0 Å². The monoisotopic (exact) mass is 327 g/mol. The van der Waals surface area contributed by atoms with Gasteiger partial charge in [0.25, 0.3) is 0 Å². The molecule has 0 aliphatic rings. The van der Waals surface area contributed by atoms with Crippen molar-refractivity contribution < 1.29 is 14.3 Å². The molecular formula is C20H25NO3. The second kappa shape index (κ2) is 9.60. The summed E-state index contributed by atoms with van der Waals surface area (Å²) in [4.78, 5) is 11.9. The van der Waals surface area contributed by atoms with Gasteiger partial charge in [0.2, 0.25) is 5.91 Å². The first kappa shape index (κ1) is 17.9. The van der Waals surface area contributed by atoms with Crippen LogP contribution < -0.4 is 14.8 Å². The van der Waals surface area contributed by atoms with Crippen LogP contribution in [0.2, 0.25) is 0 Å². The summed E-state index contributed by atoms with van der Waals surface area (Å²) < 4.78 is 10.3. The fraction of sp³-hybridized carbons (Fsp3) is 0.350. The minimum absolute atomic E-state index is 0.0939. The highest BCUT2D eigenvalue weighted by Crippen LogP contribution is 2.14. The molecule has 0 unspecified atom stereocenters. The third-order valence-corrected chi connectivity index (χ3v) is 3.90. The predicted octanol–water partition coefficient (Wildman–Crippen LogP) is 3.39. The number of amides is 1. The maximum Gasteiger partial charge on any atom is 0.220 e. The zero-order valence-corrected chi connectivity index (χ0v) is 14.4. The van der Waals surface area contributed by atoms with Crippen LogP contribution in [-0.4, -0.2) is 26.7 Å². The number of ether oxygens (including phenoxy) is 2. The average molecular weight is 327 g/mol. The molecule has 1 amide bonds. The third-order valence-electron chi connectivity index (χ3n) is 3.90. The number of aryl methyl sites for hydroxylation is 2. The van der Waals surface area contributed by atoms with E-state index in [0.29, 0.717) is 13.0 Å². The lowest BCUT2D eigenvalue weighted by molar-refractivity contribution is -0.121. The van der Waals surface area contributed by atoms with Gasteiger partial charge in [-0.2, -0.15) is 0 Å². The molecule has 1 N–H and O–H groups in total. The lowest BCUT2D eigenvalue weighted by Gasteiger charge is -2.07. The van der Waals surface area contributed by atoms with Gasteiger partial charge in [-0.05, 0) is 54.7 Å². The first-order chi connectivity index (χ1) is 11.7.